The van der Waals surface area contributed by atoms with Crippen LogP contribution in [0.25, 0.3) is 0 Å². The lowest BCUT2D eigenvalue weighted by Gasteiger charge is -2.12. The summed E-state index contributed by atoms with van der Waals surface area (Å²) in [5.41, 5.74) is 1.73. The Morgan fingerprint density at radius 2 is 2.07 bits per heavy atom. The van der Waals surface area contributed by atoms with Crippen LogP contribution in [0.4, 0.5) is 5.69 Å². The van der Waals surface area contributed by atoms with E-state index >= 15 is 0 Å². The summed E-state index contributed by atoms with van der Waals surface area (Å²) in [7, 11) is 3.36. The standard InChI is InChI=1S/C11H12N2O2/c1-8-9(11(15)13(2)3)5-4-6-10(8)12-7-14/h4-6H,1-3H3. The van der Waals surface area contributed by atoms with Crippen molar-refractivity contribution >= 4 is 17.7 Å². The topological polar surface area (TPSA) is 49.7 Å². The zero-order valence-electron chi connectivity index (χ0n) is 8.94. The van der Waals surface area contributed by atoms with Crippen molar-refractivity contribution in [2.75, 3.05) is 14.1 Å². The Hall–Kier alpha value is -1.93. The maximum Gasteiger partial charge on any atom is 0.253 e. The van der Waals surface area contributed by atoms with Crippen molar-refractivity contribution in [2.45, 2.75) is 6.92 Å². The Morgan fingerprint density at radius 3 is 2.60 bits per heavy atom. The SMILES string of the molecule is Cc1c(N=C=O)cccc1C(=O)N(C)C. The second-order valence-electron chi connectivity index (χ2n) is 3.35. The number of carbonyl (C=O) groups is 1. The minimum Gasteiger partial charge on any atom is -0.345 e. The van der Waals surface area contributed by atoms with E-state index in [1.807, 2.05) is 0 Å². The smallest absolute Gasteiger partial charge is 0.253 e. The van der Waals surface area contributed by atoms with Crippen LogP contribution in [0.1, 0.15) is 15.9 Å². The molecule has 0 unspecified atom stereocenters. The molecular formula is C11H12N2O2. The van der Waals surface area contributed by atoms with E-state index in [0.717, 1.165) is 0 Å². The molecule has 4 heteroatoms. The van der Waals surface area contributed by atoms with Crippen LogP contribution in [0.5, 0.6) is 0 Å². The molecular weight excluding hydrogens is 192 g/mol. The van der Waals surface area contributed by atoms with E-state index in [1.165, 1.54) is 11.0 Å². The first kappa shape index (κ1) is 11.1. The van der Waals surface area contributed by atoms with Crippen LogP contribution in [0.15, 0.2) is 23.2 Å². The van der Waals surface area contributed by atoms with Gasteiger partial charge in [0.1, 0.15) is 0 Å². The van der Waals surface area contributed by atoms with Crippen molar-refractivity contribution < 1.29 is 9.59 Å². The zero-order valence-corrected chi connectivity index (χ0v) is 8.94. The molecule has 0 aliphatic rings. The number of carbonyl (C=O) groups excluding carboxylic acids is 2. The third-order valence-electron chi connectivity index (χ3n) is 2.11. The zero-order chi connectivity index (χ0) is 11.4. The average molecular weight is 204 g/mol. The number of hydrogen-bond donors (Lipinski definition) is 0. The summed E-state index contributed by atoms with van der Waals surface area (Å²) < 4.78 is 0. The molecule has 0 fully saturated rings. The number of rotatable bonds is 2. The number of aliphatic imine (C=N–C) groups is 1. The van der Waals surface area contributed by atoms with E-state index < -0.39 is 0 Å². The first-order valence-electron chi connectivity index (χ1n) is 4.47. The van der Waals surface area contributed by atoms with Crippen molar-refractivity contribution in [2.24, 2.45) is 4.99 Å². The molecule has 0 aliphatic carbocycles. The highest BCUT2D eigenvalue weighted by molar-refractivity contribution is 5.96. The van der Waals surface area contributed by atoms with E-state index in [9.17, 15) is 9.59 Å². The summed E-state index contributed by atoms with van der Waals surface area (Å²) in [4.78, 5) is 26.9. The third-order valence-corrected chi connectivity index (χ3v) is 2.11. The van der Waals surface area contributed by atoms with Gasteiger partial charge < -0.3 is 4.90 Å². The van der Waals surface area contributed by atoms with Crippen LogP contribution in [0, 0.1) is 6.92 Å². The molecule has 0 aromatic heterocycles. The molecule has 78 valence electrons. The summed E-state index contributed by atoms with van der Waals surface area (Å²) in [6, 6.07) is 5.08. The van der Waals surface area contributed by atoms with Crippen LogP contribution < -0.4 is 0 Å². The lowest BCUT2D eigenvalue weighted by molar-refractivity contribution is 0.0827. The Balaban J connectivity index is 3.26. The second kappa shape index (κ2) is 4.53. The molecule has 0 heterocycles. The van der Waals surface area contributed by atoms with E-state index in [0.29, 0.717) is 16.8 Å². The summed E-state index contributed by atoms with van der Waals surface area (Å²) >= 11 is 0. The van der Waals surface area contributed by atoms with Crippen molar-refractivity contribution in [3.63, 3.8) is 0 Å². The summed E-state index contributed by atoms with van der Waals surface area (Å²) in [6.07, 6.45) is 1.47. The second-order valence-corrected chi connectivity index (χ2v) is 3.35. The van der Waals surface area contributed by atoms with Gasteiger partial charge in [-0.1, -0.05) is 6.07 Å². The Labute approximate surface area is 88.2 Å². The first-order chi connectivity index (χ1) is 7.07. The molecule has 1 aromatic rings. The fourth-order valence-corrected chi connectivity index (χ4v) is 1.27. The first-order valence-corrected chi connectivity index (χ1v) is 4.47. The van der Waals surface area contributed by atoms with Gasteiger partial charge in [-0.25, -0.2) is 4.79 Å². The minimum absolute atomic E-state index is 0.101. The molecule has 1 aromatic carbocycles. The van der Waals surface area contributed by atoms with E-state index in [1.54, 1.807) is 39.2 Å². The van der Waals surface area contributed by atoms with Crippen LogP contribution in [0.3, 0.4) is 0 Å². The summed E-state index contributed by atoms with van der Waals surface area (Å²) in [6.45, 7) is 1.76. The molecule has 0 saturated heterocycles. The number of nitrogens with zero attached hydrogens (tertiary/aromatic N) is 2. The van der Waals surface area contributed by atoms with Crippen molar-refractivity contribution in [3.8, 4) is 0 Å². The van der Waals surface area contributed by atoms with Crippen LogP contribution in [-0.4, -0.2) is 31.0 Å². The highest BCUT2D eigenvalue weighted by Gasteiger charge is 2.12. The molecule has 0 spiro atoms. The predicted octanol–water partition coefficient (Wildman–Crippen LogP) is 1.66. The minimum atomic E-state index is -0.101. The molecule has 0 bridgehead atoms. The molecule has 0 N–H and O–H groups in total. The van der Waals surface area contributed by atoms with Gasteiger partial charge in [0.15, 0.2) is 0 Å². The molecule has 4 nitrogen and oxygen atoms in total. The van der Waals surface area contributed by atoms with E-state index in [4.69, 9.17) is 0 Å². The largest absolute Gasteiger partial charge is 0.345 e. The lowest BCUT2D eigenvalue weighted by Crippen LogP contribution is -2.22. The lowest BCUT2D eigenvalue weighted by atomic mass is 10.1. The number of benzene rings is 1. The third kappa shape index (κ3) is 2.30. The highest BCUT2D eigenvalue weighted by Crippen LogP contribution is 2.21. The van der Waals surface area contributed by atoms with Gasteiger partial charge in [0.2, 0.25) is 6.08 Å². The quantitative estimate of drug-likeness (QED) is 0.543. The maximum atomic E-state index is 11.7. The van der Waals surface area contributed by atoms with Gasteiger partial charge in [0.05, 0.1) is 5.69 Å². The Morgan fingerprint density at radius 1 is 1.40 bits per heavy atom. The molecule has 0 atom stereocenters. The summed E-state index contributed by atoms with van der Waals surface area (Å²) in [5, 5.41) is 0. The van der Waals surface area contributed by atoms with Gasteiger partial charge in [-0.15, -0.1) is 0 Å². The molecule has 0 radical (unpaired) electrons. The number of amides is 1. The van der Waals surface area contributed by atoms with Gasteiger partial charge in [-0.2, -0.15) is 4.99 Å². The Bertz CT molecular complexity index is 432. The highest BCUT2D eigenvalue weighted by atomic mass is 16.2. The number of hydrogen-bond acceptors (Lipinski definition) is 3. The predicted molar refractivity (Wildman–Crippen MR) is 57.0 cm³/mol. The monoisotopic (exact) mass is 204 g/mol. The van der Waals surface area contributed by atoms with Gasteiger partial charge in [0.25, 0.3) is 5.91 Å². The maximum absolute atomic E-state index is 11.7. The number of isocyanates is 1. The average Bonchev–Trinajstić information content (AvgIpc) is 2.20. The van der Waals surface area contributed by atoms with Gasteiger partial charge >= 0.3 is 0 Å². The van der Waals surface area contributed by atoms with Crippen LogP contribution in [-0.2, 0) is 4.79 Å². The summed E-state index contributed by atoms with van der Waals surface area (Å²) in [5.74, 6) is -0.101. The molecule has 1 amide bonds. The van der Waals surface area contributed by atoms with Gasteiger partial charge in [-0.3, -0.25) is 4.79 Å². The normalized spacial score (nSPS) is 9.27. The molecule has 1 rings (SSSR count). The Kier molecular flexibility index (Phi) is 3.37. The van der Waals surface area contributed by atoms with Crippen molar-refractivity contribution in [3.05, 3.63) is 29.3 Å². The fourth-order valence-electron chi connectivity index (χ4n) is 1.27. The van der Waals surface area contributed by atoms with Gasteiger partial charge in [0, 0.05) is 19.7 Å². The molecule has 0 aliphatic heterocycles. The van der Waals surface area contributed by atoms with Crippen molar-refractivity contribution in [1.29, 1.82) is 0 Å². The van der Waals surface area contributed by atoms with Crippen LogP contribution in [0.2, 0.25) is 0 Å². The fraction of sp³-hybridized carbons (Fsp3) is 0.273. The molecule has 0 saturated carbocycles. The molecule has 15 heavy (non-hydrogen) atoms. The van der Waals surface area contributed by atoms with E-state index in [-0.39, 0.29) is 5.91 Å². The van der Waals surface area contributed by atoms with Crippen molar-refractivity contribution in [1.82, 2.24) is 4.90 Å². The van der Waals surface area contributed by atoms with Crippen LogP contribution >= 0.6 is 0 Å². The van der Waals surface area contributed by atoms with E-state index in [2.05, 4.69) is 4.99 Å². The van der Waals surface area contributed by atoms with Gasteiger partial charge in [-0.05, 0) is 24.6 Å².